The minimum Gasteiger partial charge on any atom is -0.460 e. The highest BCUT2D eigenvalue weighted by molar-refractivity contribution is 6.31. The van der Waals surface area contributed by atoms with Gasteiger partial charge in [0.15, 0.2) is 0 Å². The molecular formula is C15H19Cl2NO. The second kappa shape index (κ2) is 6.99. The van der Waals surface area contributed by atoms with Crippen molar-refractivity contribution in [2.24, 2.45) is 0 Å². The summed E-state index contributed by atoms with van der Waals surface area (Å²) in [6.45, 7) is 6.99. The van der Waals surface area contributed by atoms with Crippen LogP contribution in [0, 0.1) is 6.92 Å². The van der Waals surface area contributed by atoms with Gasteiger partial charge in [0.1, 0.15) is 11.5 Å². The number of hydrogen-bond acceptors (Lipinski definition) is 2. The van der Waals surface area contributed by atoms with Crippen LogP contribution in [0.5, 0.6) is 0 Å². The highest BCUT2D eigenvalue weighted by atomic mass is 35.5. The van der Waals surface area contributed by atoms with E-state index in [9.17, 15) is 0 Å². The molecule has 2 aromatic rings. The van der Waals surface area contributed by atoms with E-state index in [4.69, 9.17) is 16.0 Å². The van der Waals surface area contributed by atoms with Crippen LogP contribution in [0.15, 0.2) is 34.7 Å². The van der Waals surface area contributed by atoms with E-state index in [0.717, 1.165) is 34.2 Å². The van der Waals surface area contributed by atoms with Crippen molar-refractivity contribution in [2.75, 3.05) is 0 Å². The maximum atomic E-state index is 6.12. The molecule has 0 bridgehead atoms. The van der Waals surface area contributed by atoms with Crippen molar-refractivity contribution < 1.29 is 4.42 Å². The first kappa shape index (κ1) is 16.1. The summed E-state index contributed by atoms with van der Waals surface area (Å²) in [6, 6.07) is 10.3. The van der Waals surface area contributed by atoms with Crippen LogP contribution in [0.3, 0.4) is 0 Å². The Morgan fingerprint density at radius 3 is 2.63 bits per heavy atom. The van der Waals surface area contributed by atoms with E-state index in [-0.39, 0.29) is 12.4 Å². The number of nitrogens with one attached hydrogen (secondary N) is 1. The van der Waals surface area contributed by atoms with Crippen molar-refractivity contribution in [3.63, 3.8) is 0 Å². The van der Waals surface area contributed by atoms with Gasteiger partial charge in [-0.05, 0) is 30.7 Å². The van der Waals surface area contributed by atoms with Crippen molar-refractivity contribution >= 4 is 24.0 Å². The molecule has 0 aliphatic carbocycles. The molecule has 4 heteroatoms. The minimum atomic E-state index is 0. The number of benzene rings is 1. The zero-order valence-electron chi connectivity index (χ0n) is 11.4. The van der Waals surface area contributed by atoms with E-state index in [2.05, 4.69) is 19.2 Å². The lowest BCUT2D eigenvalue weighted by Gasteiger charge is -2.06. The lowest BCUT2D eigenvalue weighted by molar-refractivity contribution is 0.473. The van der Waals surface area contributed by atoms with E-state index < -0.39 is 0 Å². The quantitative estimate of drug-likeness (QED) is 0.875. The molecule has 0 aliphatic rings. The molecule has 0 saturated carbocycles. The first-order chi connectivity index (χ1) is 8.58. The third-order valence-electron chi connectivity index (χ3n) is 2.88. The van der Waals surface area contributed by atoms with Gasteiger partial charge in [-0.1, -0.05) is 37.6 Å². The summed E-state index contributed by atoms with van der Waals surface area (Å²) in [4.78, 5) is 0. The van der Waals surface area contributed by atoms with Crippen LogP contribution >= 0.6 is 24.0 Å². The molecule has 0 spiro atoms. The normalized spacial score (nSPS) is 10.6. The van der Waals surface area contributed by atoms with Gasteiger partial charge in [-0.3, -0.25) is 0 Å². The molecule has 0 radical (unpaired) electrons. The summed E-state index contributed by atoms with van der Waals surface area (Å²) in [6.07, 6.45) is 0. The van der Waals surface area contributed by atoms with Crippen molar-refractivity contribution in [2.45, 2.75) is 33.4 Å². The SMILES string of the molecule is Cc1c(Cl)cccc1-c1ccc(CNC(C)C)o1.Cl. The Bertz CT molecular complexity index is 535. The van der Waals surface area contributed by atoms with Gasteiger partial charge in [0.25, 0.3) is 0 Å². The Morgan fingerprint density at radius 2 is 1.95 bits per heavy atom. The molecule has 1 N–H and O–H groups in total. The largest absolute Gasteiger partial charge is 0.460 e. The van der Waals surface area contributed by atoms with Crippen LogP contribution in [0.1, 0.15) is 25.2 Å². The molecule has 1 aromatic carbocycles. The van der Waals surface area contributed by atoms with E-state index >= 15 is 0 Å². The molecule has 0 unspecified atom stereocenters. The molecule has 2 rings (SSSR count). The fourth-order valence-corrected chi connectivity index (χ4v) is 1.97. The smallest absolute Gasteiger partial charge is 0.134 e. The average Bonchev–Trinajstić information content (AvgIpc) is 2.78. The lowest BCUT2D eigenvalue weighted by atomic mass is 10.1. The summed E-state index contributed by atoms with van der Waals surface area (Å²) >= 11 is 6.12. The predicted molar refractivity (Wildman–Crippen MR) is 83.1 cm³/mol. The van der Waals surface area contributed by atoms with Crippen LogP contribution in [0.25, 0.3) is 11.3 Å². The maximum absolute atomic E-state index is 6.12. The monoisotopic (exact) mass is 299 g/mol. The third-order valence-corrected chi connectivity index (χ3v) is 3.29. The topological polar surface area (TPSA) is 25.2 Å². The molecular weight excluding hydrogens is 281 g/mol. The van der Waals surface area contributed by atoms with Crippen molar-refractivity contribution in [1.29, 1.82) is 0 Å². The van der Waals surface area contributed by atoms with Gasteiger partial charge >= 0.3 is 0 Å². The number of hydrogen-bond donors (Lipinski definition) is 1. The average molecular weight is 300 g/mol. The first-order valence-electron chi connectivity index (χ1n) is 6.15. The molecule has 0 fully saturated rings. The fraction of sp³-hybridized carbons (Fsp3) is 0.333. The first-order valence-corrected chi connectivity index (χ1v) is 6.53. The van der Waals surface area contributed by atoms with Gasteiger partial charge in [-0.25, -0.2) is 0 Å². The molecule has 1 heterocycles. The molecule has 19 heavy (non-hydrogen) atoms. The molecule has 0 atom stereocenters. The summed E-state index contributed by atoms with van der Waals surface area (Å²) in [5.41, 5.74) is 2.11. The maximum Gasteiger partial charge on any atom is 0.134 e. The minimum absolute atomic E-state index is 0. The van der Waals surface area contributed by atoms with Gasteiger partial charge in [0, 0.05) is 16.6 Å². The zero-order chi connectivity index (χ0) is 13.1. The molecule has 0 amide bonds. The highest BCUT2D eigenvalue weighted by Gasteiger charge is 2.09. The van der Waals surface area contributed by atoms with E-state index in [1.54, 1.807) is 0 Å². The highest BCUT2D eigenvalue weighted by Crippen LogP contribution is 2.29. The van der Waals surface area contributed by atoms with E-state index in [1.165, 1.54) is 0 Å². The second-order valence-electron chi connectivity index (χ2n) is 4.71. The van der Waals surface area contributed by atoms with Crippen molar-refractivity contribution in [3.8, 4) is 11.3 Å². The second-order valence-corrected chi connectivity index (χ2v) is 5.12. The summed E-state index contributed by atoms with van der Waals surface area (Å²) < 4.78 is 5.83. The molecule has 1 aromatic heterocycles. The van der Waals surface area contributed by atoms with Crippen LogP contribution < -0.4 is 5.32 Å². The number of rotatable bonds is 4. The predicted octanol–water partition coefficient (Wildman–Crippen LogP) is 4.83. The molecule has 0 saturated heterocycles. The third kappa shape index (κ3) is 4.00. The molecule has 104 valence electrons. The Kier molecular flexibility index (Phi) is 5.92. The van der Waals surface area contributed by atoms with Crippen LogP contribution in [0.2, 0.25) is 5.02 Å². The Balaban J connectivity index is 0.00000180. The molecule has 0 aliphatic heterocycles. The summed E-state index contributed by atoms with van der Waals surface area (Å²) in [5, 5.41) is 4.10. The van der Waals surface area contributed by atoms with Crippen LogP contribution in [-0.2, 0) is 6.54 Å². The van der Waals surface area contributed by atoms with Crippen LogP contribution in [-0.4, -0.2) is 6.04 Å². The standard InChI is InChI=1S/C15H18ClNO.ClH/c1-10(2)17-9-12-7-8-15(18-12)13-5-4-6-14(16)11(13)3;/h4-8,10,17H,9H2,1-3H3;1H. The fourth-order valence-electron chi connectivity index (χ4n) is 1.80. The Hall–Kier alpha value is -0.960. The van der Waals surface area contributed by atoms with Crippen molar-refractivity contribution in [1.82, 2.24) is 5.32 Å². The lowest BCUT2D eigenvalue weighted by Crippen LogP contribution is -2.21. The van der Waals surface area contributed by atoms with Gasteiger partial charge in [-0.2, -0.15) is 0 Å². The summed E-state index contributed by atoms with van der Waals surface area (Å²) in [7, 11) is 0. The van der Waals surface area contributed by atoms with Gasteiger partial charge in [0.2, 0.25) is 0 Å². The number of halogens is 2. The van der Waals surface area contributed by atoms with E-state index in [1.807, 2.05) is 37.3 Å². The van der Waals surface area contributed by atoms with Crippen molar-refractivity contribution in [3.05, 3.63) is 46.7 Å². The summed E-state index contributed by atoms with van der Waals surface area (Å²) in [5.74, 6) is 1.81. The van der Waals surface area contributed by atoms with Gasteiger partial charge in [-0.15, -0.1) is 12.4 Å². The Labute approximate surface area is 125 Å². The molecule has 2 nitrogen and oxygen atoms in total. The Morgan fingerprint density at radius 1 is 1.21 bits per heavy atom. The zero-order valence-corrected chi connectivity index (χ0v) is 12.9. The van der Waals surface area contributed by atoms with E-state index in [0.29, 0.717) is 6.04 Å². The number of furan rings is 1. The van der Waals surface area contributed by atoms with Crippen LogP contribution in [0.4, 0.5) is 0 Å². The van der Waals surface area contributed by atoms with Gasteiger partial charge < -0.3 is 9.73 Å². The van der Waals surface area contributed by atoms with Gasteiger partial charge in [0.05, 0.1) is 6.54 Å².